The fraction of sp³-hybridized carbons (Fsp3) is 0.263. The van der Waals surface area contributed by atoms with Crippen LogP contribution in [-0.2, 0) is 19.5 Å². The summed E-state index contributed by atoms with van der Waals surface area (Å²) in [5, 5.41) is 2.90. The summed E-state index contributed by atoms with van der Waals surface area (Å²) in [6, 6.07) is 9.90. The molecule has 0 saturated carbocycles. The lowest BCUT2D eigenvalue weighted by Crippen LogP contribution is -2.30. The second-order valence-corrected chi connectivity index (χ2v) is 7.60. The van der Waals surface area contributed by atoms with Crippen LogP contribution in [0.5, 0.6) is 0 Å². The van der Waals surface area contributed by atoms with Crippen LogP contribution in [0.3, 0.4) is 0 Å². The van der Waals surface area contributed by atoms with Gasteiger partial charge in [0, 0.05) is 53.3 Å². The van der Waals surface area contributed by atoms with Crippen LogP contribution in [0, 0.1) is 6.92 Å². The van der Waals surface area contributed by atoms with E-state index in [1.807, 2.05) is 41.8 Å². The molecule has 0 atom stereocenters. The molecule has 0 fully saturated rings. The van der Waals surface area contributed by atoms with Gasteiger partial charge in [-0.1, -0.05) is 11.6 Å². The molecule has 0 spiro atoms. The smallest absolute Gasteiger partial charge is 0.159 e. The van der Waals surface area contributed by atoms with E-state index in [1.165, 1.54) is 21.7 Å². The summed E-state index contributed by atoms with van der Waals surface area (Å²) >= 11 is 7.80. The fourth-order valence-electron chi connectivity index (χ4n) is 3.02. The SMILES string of the molecule is Cc1ccsc1CN1CCc2nc(-c3ccc(Cl)cc3)ncc2C1. The maximum atomic E-state index is 5.95. The van der Waals surface area contributed by atoms with Crippen LogP contribution in [0.4, 0.5) is 0 Å². The number of rotatable bonds is 3. The van der Waals surface area contributed by atoms with Crippen LogP contribution in [0.1, 0.15) is 21.7 Å². The normalized spacial score (nSPS) is 14.6. The Labute approximate surface area is 151 Å². The zero-order chi connectivity index (χ0) is 16.5. The average molecular weight is 356 g/mol. The van der Waals surface area contributed by atoms with Gasteiger partial charge in [-0.05, 0) is 48.2 Å². The van der Waals surface area contributed by atoms with E-state index in [0.29, 0.717) is 0 Å². The third kappa shape index (κ3) is 3.22. The molecule has 0 unspecified atom stereocenters. The Bertz CT molecular complexity index is 857. The molecule has 3 heterocycles. The number of hydrogen-bond donors (Lipinski definition) is 0. The molecule has 5 heteroatoms. The quantitative estimate of drug-likeness (QED) is 0.680. The number of halogens is 1. The van der Waals surface area contributed by atoms with Gasteiger partial charge in [0.15, 0.2) is 5.82 Å². The maximum absolute atomic E-state index is 5.95. The Morgan fingerprint density at radius 2 is 2.04 bits per heavy atom. The van der Waals surface area contributed by atoms with Gasteiger partial charge in [0.05, 0.1) is 5.69 Å². The third-order valence-electron chi connectivity index (χ3n) is 4.45. The van der Waals surface area contributed by atoms with E-state index in [2.05, 4.69) is 28.3 Å². The van der Waals surface area contributed by atoms with Gasteiger partial charge in [0.2, 0.25) is 0 Å². The predicted octanol–water partition coefficient (Wildman–Crippen LogP) is 4.73. The van der Waals surface area contributed by atoms with E-state index in [1.54, 1.807) is 0 Å². The fourth-order valence-corrected chi connectivity index (χ4v) is 4.09. The first-order chi connectivity index (χ1) is 11.7. The zero-order valence-corrected chi connectivity index (χ0v) is 15.1. The summed E-state index contributed by atoms with van der Waals surface area (Å²) < 4.78 is 0. The predicted molar refractivity (Wildman–Crippen MR) is 99.4 cm³/mol. The maximum Gasteiger partial charge on any atom is 0.159 e. The van der Waals surface area contributed by atoms with E-state index in [0.717, 1.165) is 42.5 Å². The van der Waals surface area contributed by atoms with E-state index < -0.39 is 0 Å². The van der Waals surface area contributed by atoms with Crippen molar-refractivity contribution in [1.29, 1.82) is 0 Å². The van der Waals surface area contributed by atoms with Gasteiger partial charge in [0.1, 0.15) is 0 Å². The van der Waals surface area contributed by atoms with Gasteiger partial charge in [-0.2, -0.15) is 0 Å². The molecule has 1 aromatic carbocycles. The van der Waals surface area contributed by atoms with Crippen molar-refractivity contribution in [3.8, 4) is 11.4 Å². The van der Waals surface area contributed by atoms with Gasteiger partial charge < -0.3 is 0 Å². The number of fused-ring (bicyclic) bond motifs is 1. The summed E-state index contributed by atoms with van der Waals surface area (Å²) in [6.45, 7) is 5.17. The molecule has 3 nitrogen and oxygen atoms in total. The van der Waals surface area contributed by atoms with Crippen LogP contribution >= 0.6 is 22.9 Å². The van der Waals surface area contributed by atoms with Crippen molar-refractivity contribution in [2.24, 2.45) is 0 Å². The molecule has 3 aromatic rings. The molecule has 24 heavy (non-hydrogen) atoms. The lowest BCUT2D eigenvalue weighted by Gasteiger charge is -2.27. The van der Waals surface area contributed by atoms with Crippen molar-refractivity contribution in [3.05, 3.63) is 68.6 Å². The van der Waals surface area contributed by atoms with E-state index >= 15 is 0 Å². The third-order valence-corrected chi connectivity index (χ3v) is 5.71. The molecule has 0 amide bonds. The molecule has 0 radical (unpaired) electrons. The standard InChI is InChI=1S/C19H18ClN3S/c1-13-7-9-24-18(13)12-23-8-6-17-15(11-23)10-21-19(22-17)14-2-4-16(20)5-3-14/h2-5,7,9-10H,6,8,11-12H2,1H3. The van der Waals surface area contributed by atoms with Crippen LogP contribution in [0.25, 0.3) is 11.4 Å². The zero-order valence-electron chi connectivity index (χ0n) is 13.5. The van der Waals surface area contributed by atoms with Crippen LogP contribution in [0.2, 0.25) is 5.02 Å². The molecule has 0 N–H and O–H groups in total. The van der Waals surface area contributed by atoms with Gasteiger partial charge in [-0.25, -0.2) is 9.97 Å². The van der Waals surface area contributed by atoms with Gasteiger partial charge >= 0.3 is 0 Å². The average Bonchev–Trinajstić information content (AvgIpc) is 3.00. The molecule has 1 aliphatic heterocycles. The monoisotopic (exact) mass is 355 g/mol. The van der Waals surface area contributed by atoms with Gasteiger partial charge in [-0.3, -0.25) is 4.90 Å². The van der Waals surface area contributed by atoms with E-state index in [4.69, 9.17) is 16.6 Å². The topological polar surface area (TPSA) is 29.0 Å². The number of aromatic nitrogens is 2. The number of hydrogen-bond acceptors (Lipinski definition) is 4. The Kier molecular flexibility index (Phi) is 4.35. The molecule has 4 rings (SSSR count). The second kappa shape index (κ2) is 6.63. The first kappa shape index (κ1) is 15.8. The lowest BCUT2D eigenvalue weighted by molar-refractivity contribution is 0.244. The second-order valence-electron chi connectivity index (χ2n) is 6.16. The summed E-state index contributed by atoms with van der Waals surface area (Å²) in [5.41, 5.74) is 4.82. The largest absolute Gasteiger partial charge is 0.293 e. The minimum atomic E-state index is 0.733. The molecule has 2 aromatic heterocycles. The first-order valence-corrected chi connectivity index (χ1v) is 9.31. The highest BCUT2D eigenvalue weighted by Gasteiger charge is 2.19. The van der Waals surface area contributed by atoms with E-state index in [-0.39, 0.29) is 0 Å². The number of benzene rings is 1. The summed E-state index contributed by atoms with van der Waals surface area (Å²) in [4.78, 5) is 13.3. The summed E-state index contributed by atoms with van der Waals surface area (Å²) in [5.74, 6) is 0.785. The van der Waals surface area contributed by atoms with Crippen LogP contribution < -0.4 is 0 Å². The van der Waals surface area contributed by atoms with Crippen LogP contribution in [-0.4, -0.2) is 21.4 Å². The minimum Gasteiger partial charge on any atom is -0.293 e. The Morgan fingerprint density at radius 1 is 1.21 bits per heavy atom. The Hall–Kier alpha value is -1.75. The van der Waals surface area contributed by atoms with E-state index in [9.17, 15) is 0 Å². The number of nitrogens with zero attached hydrogens (tertiary/aromatic N) is 3. The van der Waals surface area contributed by atoms with Gasteiger partial charge in [-0.15, -0.1) is 11.3 Å². The Balaban J connectivity index is 1.53. The molecular formula is C19H18ClN3S. The highest BCUT2D eigenvalue weighted by Crippen LogP contribution is 2.25. The highest BCUT2D eigenvalue weighted by molar-refractivity contribution is 7.10. The van der Waals surface area contributed by atoms with Gasteiger partial charge in [0.25, 0.3) is 0 Å². The molecule has 0 saturated heterocycles. The van der Waals surface area contributed by atoms with Crippen molar-refractivity contribution in [3.63, 3.8) is 0 Å². The van der Waals surface area contributed by atoms with Crippen molar-refractivity contribution in [2.75, 3.05) is 6.54 Å². The molecular weight excluding hydrogens is 338 g/mol. The van der Waals surface area contributed by atoms with Crippen molar-refractivity contribution in [2.45, 2.75) is 26.4 Å². The molecule has 1 aliphatic rings. The van der Waals surface area contributed by atoms with Crippen molar-refractivity contribution in [1.82, 2.24) is 14.9 Å². The number of aryl methyl sites for hydroxylation is 1. The minimum absolute atomic E-state index is 0.733. The molecule has 0 bridgehead atoms. The Morgan fingerprint density at radius 3 is 2.79 bits per heavy atom. The van der Waals surface area contributed by atoms with Crippen molar-refractivity contribution >= 4 is 22.9 Å². The molecule has 0 aliphatic carbocycles. The van der Waals surface area contributed by atoms with Crippen molar-refractivity contribution < 1.29 is 0 Å². The lowest BCUT2D eigenvalue weighted by atomic mass is 10.1. The first-order valence-electron chi connectivity index (χ1n) is 8.05. The molecule has 122 valence electrons. The summed E-state index contributed by atoms with van der Waals surface area (Å²) in [6.07, 6.45) is 2.96. The number of thiophene rings is 1. The summed E-state index contributed by atoms with van der Waals surface area (Å²) in [7, 11) is 0. The van der Waals surface area contributed by atoms with Crippen LogP contribution in [0.15, 0.2) is 41.9 Å². The highest BCUT2D eigenvalue weighted by atomic mass is 35.5.